The van der Waals surface area contributed by atoms with Crippen molar-refractivity contribution < 1.29 is 9.53 Å². The summed E-state index contributed by atoms with van der Waals surface area (Å²) in [6.45, 7) is 2.55. The second kappa shape index (κ2) is 8.05. The number of esters is 1. The molecule has 0 spiro atoms. The van der Waals surface area contributed by atoms with Gasteiger partial charge in [0, 0.05) is 6.08 Å². The van der Waals surface area contributed by atoms with E-state index in [9.17, 15) is 4.79 Å². The molecular weight excluding hydrogens is 260 g/mol. The predicted octanol–water partition coefficient (Wildman–Crippen LogP) is 4.46. The van der Waals surface area contributed by atoms with E-state index in [0.29, 0.717) is 6.61 Å². The Morgan fingerprint density at radius 3 is 1.95 bits per heavy atom. The van der Waals surface area contributed by atoms with Crippen LogP contribution >= 0.6 is 0 Å². The molecule has 2 nitrogen and oxygen atoms in total. The van der Waals surface area contributed by atoms with E-state index in [0.717, 1.165) is 29.5 Å². The Kier molecular flexibility index (Phi) is 5.77. The molecule has 2 aromatic carbocycles. The number of hydrogen-bond acceptors (Lipinski definition) is 2. The fourth-order valence-electron chi connectivity index (χ4n) is 2.05. The van der Waals surface area contributed by atoms with Crippen molar-refractivity contribution in [2.75, 3.05) is 6.61 Å². The van der Waals surface area contributed by atoms with Crippen LogP contribution in [0.2, 0.25) is 0 Å². The molecule has 0 fully saturated rings. The lowest BCUT2D eigenvalue weighted by Gasteiger charge is -2.08. The molecule has 0 unspecified atom stereocenters. The number of hydrogen-bond donors (Lipinski definition) is 0. The fraction of sp³-hybridized carbons (Fsp3) is 0.211. The zero-order valence-electron chi connectivity index (χ0n) is 12.3. The van der Waals surface area contributed by atoms with E-state index in [1.54, 1.807) is 6.08 Å². The molecule has 21 heavy (non-hydrogen) atoms. The fourth-order valence-corrected chi connectivity index (χ4v) is 2.05. The summed E-state index contributed by atoms with van der Waals surface area (Å²) < 4.78 is 5.24. The third kappa shape index (κ3) is 4.60. The molecule has 108 valence electrons. The van der Waals surface area contributed by atoms with Crippen LogP contribution in [-0.2, 0) is 9.53 Å². The number of carbonyl (C=O) groups excluding carboxylic acids is 1. The summed E-state index contributed by atoms with van der Waals surface area (Å²) in [7, 11) is 0. The number of unbranched alkanes of at least 4 members (excludes halogenated alkanes) is 1. The van der Waals surface area contributed by atoms with Crippen LogP contribution in [0.4, 0.5) is 0 Å². The van der Waals surface area contributed by atoms with Gasteiger partial charge in [-0.2, -0.15) is 0 Å². The van der Waals surface area contributed by atoms with Crippen LogP contribution in [0.3, 0.4) is 0 Å². The first-order chi connectivity index (χ1) is 10.3. The van der Waals surface area contributed by atoms with Gasteiger partial charge in [-0.1, -0.05) is 74.0 Å². The second-order valence-electron chi connectivity index (χ2n) is 4.81. The normalized spacial score (nSPS) is 9.95. The van der Waals surface area contributed by atoms with Crippen LogP contribution in [0.1, 0.15) is 30.9 Å². The molecule has 0 atom stereocenters. The summed E-state index contributed by atoms with van der Waals surface area (Å²) in [5, 5.41) is 0. The van der Waals surface area contributed by atoms with Gasteiger partial charge in [-0.3, -0.25) is 0 Å². The van der Waals surface area contributed by atoms with Gasteiger partial charge in [-0.15, -0.1) is 0 Å². The van der Waals surface area contributed by atoms with Crippen LogP contribution < -0.4 is 0 Å². The van der Waals surface area contributed by atoms with Crippen LogP contribution in [-0.4, -0.2) is 12.6 Å². The highest BCUT2D eigenvalue weighted by Gasteiger charge is 2.08. The van der Waals surface area contributed by atoms with Gasteiger partial charge in [0.25, 0.3) is 0 Å². The molecule has 0 radical (unpaired) electrons. The summed E-state index contributed by atoms with van der Waals surface area (Å²) in [4.78, 5) is 12.0. The molecule has 0 saturated heterocycles. The van der Waals surface area contributed by atoms with Gasteiger partial charge in [-0.25, -0.2) is 4.79 Å². The van der Waals surface area contributed by atoms with Crippen molar-refractivity contribution in [2.24, 2.45) is 0 Å². The SMILES string of the molecule is CCCCOC(=O)C=C(c1ccccc1)c1ccccc1. The molecule has 0 aliphatic carbocycles. The average Bonchev–Trinajstić information content (AvgIpc) is 2.54. The Bertz CT molecular complexity index is 544. The standard InChI is InChI=1S/C19H20O2/c1-2-3-14-21-19(20)15-18(16-10-6-4-7-11-16)17-12-8-5-9-13-17/h4-13,15H,2-3,14H2,1H3. The highest BCUT2D eigenvalue weighted by molar-refractivity contribution is 5.96. The summed E-state index contributed by atoms with van der Waals surface area (Å²) in [6, 6.07) is 19.8. The van der Waals surface area contributed by atoms with E-state index in [4.69, 9.17) is 4.74 Å². The van der Waals surface area contributed by atoms with Gasteiger partial charge in [0.05, 0.1) is 6.61 Å². The molecule has 0 saturated carbocycles. The Morgan fingerprint density at radius 2 is 1.48 bits per heavy atom. The van der Waals surface area contributed by atoms with E-state index < -0.39 is 0 Å². The first kappa shape index (κ1) is 15.0. The highest BCUT2D eigenvalue weighted by atomic mass is 16.5. The molecular formula is C19H20O2. The van der Waals surface area contributed by atoms with Crippen LogP contribution in [0.25, 0.3) is 5.57 Å². The average molecular weight is 280 g/mol. The number of rotatable bonds is 6. The van der Waals surface area contributed by atoms with Crippen molar-refractivity contribution in [1.29, 1.82) is 0 Å². The summed E-state index contributed by atoms with van der Waals surface area (Å²) in [6.07, 6.45) is 3.49. The van der Waals surface area contributed by atoms with Gasteiger partial charge >= 0.3 is 5.97 Å². The van der Waals surface area contributed by atoms with Crippen molar-refractivity contribution in [3.8, 4) is 0 Å². The predicted molar refractivity (Wildman–Crippen MR) is 85.8 cm³/mol. The Hall–Kier alpha value is -2.35. The molecule has 0 N–H and O–H groups in total. The lowest BCUT2D eigenvalue weighted by atomic mass is 9.98. The van der Waals surface area contributed by atoms with Gasteiger partial charge in [0.2, 0.25) is 0 Å². The first-order valence-corrected chi connectivity index (χ1v) is 7.30. The maximum atomic E-state index is 12.0. The minimum Gasteiger partial charge on any atom is -0.463 e. The third-order valence-electron chi connectivity index (χ3n) is 3.17. The zero-order valence-corrected chi connectivity index (χ0v) is 12.3. The maximum absolute atomic E-state index is 12.0. The molecule has 2 aromatic rings. The highest BCUT2D eigenvalue weighted by Crippen LogP contribution is 2.23. The van der Waals surface area contributed by atoms with Gasteiger partial charge in [0.1, 0.15) is 0 Å². The van der Waals surface area contributed by atoms with Crippen molar-refractivity contribution in [2.45, 2.75) is 19.8 Å². The number of carbonyl (C=O) groups is 1. The minimum atomic E-state index is -0.286. The number of benzene rings is 2. The lowest BCUT2D eigenvalue weighted by molar-refractivity contribution is -0.137. The van der Waals surface area contributed by atoms with Crippen molar-refractivity contribution in [1.82, 2.24) is 0 Å². The van der Waals surface area contributed by atoms with Gasteiger partial charge < -0.3 is 4.74 Å². The smallest absolute Gasteiger partial charge is 0.331 e. The van der Waals surface area contributed by atoms with E-state index in [2.05, 4.69) is 6.92 Å². The molecule has 0 aliphatic heterocycles. The lowest BCUT2D eigenvalue weighted by Crippen LogP contribution is -2.03. The van der Waals surface area contributed by atoms with Crippen LogP contribution in [0.5, 0.6) is 0 Å². The summed E-state index contributed by atoms with van der Waals surface area (Å²) in [5.41, 5.74) is 2.91. The van der Waals surface area contributed by atoms with Gasteiger partial charge in [0.15, 0.2) is 0 Å². The molecule has 0 heterocycles. The summed E-state index contributed by atoms with van der Waals surface area (Å²) in [5.74, 6) is -0.286. The summed E-state index contributed by atoms with van der Waals surface area (Å²) >= 11 is 0. The van der Waals surface area contributed by atoms with E-state index in [-0.39, 0.29) is 5.97 Å². The number of ether oxygens (including phenoxy) is 1. The molecule has 2 rings (SSSR count). The van der Waals surface area contributed by atoms with Crippen LogP contribution in [0.15, 0.2) is 66.7 Å². The molecule has 0 bridgehead atoms. The van der Waals surface area contributed by atoms with Gasteiger partial charge in [-0.05, 0) is 23.1 Å². The molecule has 0 aliphatic rings. The van der Waals surface area contributed by atoms with E-state index in [1.807, 2.05) is 60.7 Å². The maximum Gasteiger partial charge on any atom is 0.331 e. The second-order valence-corrected chi connectivity index (χ2v) is 4.81. The molecule has 0 aromatic heterocycles. The first-order valence-electron chi connectivity index (χ1n) is 7.30. The largest absolute Gasteiger partial charge is 0.463 e. The Labute approximate surface area is 126 Å². The van der Waals surface area contributed by atoms with Crippen molar-refractivity contribution in [3.63, 3.8) is 0 Å². The Morgan fingerprint density at radius 1 is 0.952 bits per heavy atom. The third-order valence-corrected chi connectivity index (χ3v) is 3.17. The van der Waals surface area contributed by atoms with E-state index in [1.165, 1.54) is 0 Å². The van der Waals surface area contributed by atoms with E-state index >= 15 is 0 Å². The quantitative estimate of drug-likeness (QED) is 0.443. The minimum absolute atomic E-state index is 0.286. The molecule has 0 amide bonds. The molecule has 2 heteroatoms. The van der Waals surface area contributed by atoms with Crippen molar-refractivity contribution in [3.05, 3.63) is 77.9 Å². The Balaban J connectivity index is 2.27. The zero-order chi connectivity index (χ0) is 14.9. The van der Waals surface area contributed by atoms with Crippen molar-refractivity contribution >= 4 is 11.5 Å². The monoisotopic (exact) mass is 280 g/mol. The van der Waals surface area contributed by atoms with Crippen LogP contribution in [0, 0.1) is 0 Å². The topological polar surface area (TPSA) is 26.3 Å².